The Morgan fingerprint density at radius 3 is 2.59 bits per heavy atom. The minimum absolute atomic E-state index is 0.00527. The van der Waals surface area contributed by atoms with Gasteiger partial charge in [0.25, 0.3) is 17.2 Å². The molecule has 4 rings (SSSR count). The Bertz CT molecular complexity index is 1340. The van der Waals surface area contributed by atoms with Crippen molar-refractivity contribution in [3.8, 4) is 17.4 Å². The Hall–Kier alpha value is -4.54. The van der Waals surface area contributed by atoms with Gasteiger partial charge in [-0.2, -0.15) is 9.78 Å². The number of anilines is 1. The van der Waals surface area contributed by atoms with Crippen LogP contribution in [0.2, 0.25) is 0 Å². The van der Waals surface area contributed by atoms with Crippen LogP contribution in [0.15, 0.2) is 64.0 Å². The molecule has 2 N–H and O–H groups in total. The number of H-pyrrole nitrogens is 1. The molecular weight excluding hydrogens is 416 g/mol. The number of hydrogen-bond acceptors (Lipinski definition) is 7. The molecule has 0 saturated carbocycles. The Balaban J connectivity index is 1.75. The predicted molar refractivity (Wildman–Crippen MR) is 115 cm³/mol. The van der Waals surface area contributed by atoms with E-state index in [9.17, 15) is 19.7 Å². The third-order valence-electron chi connectivity index (χ3n) is 4.61. The third-order valence-corrected chi connectivity index (χ3v) is 4.61. The van der Waals surface area contributed by atoms with Crippen molar-refractivity contribution >= 4 is 17.4 Å². The monoisotopic (exact) mass is 434 g/mol. The number of amides is 1. The van der Waals surface area contributed by atoms with Crippen molar-refractivity contribution in [1.29, 1.82) is 0 Å². The van der Waals surface area contributed by atoms with E-state index in [2.05, 4.69) is 20.4 Å². The molecule has 0 unspecified atom stereocenters. The quantitative estimate of drug-likeness (QED) is 0.348. The SMILES string of the molecule is CC(C)c1cc(=O)[nH]c(-n2nc(-c3ccco3)cc2NC(=O)c2ccc([N+](=O)[O-])cc2)n1. The summed E-state index contributed by atoms with van der Waals surface area (Å²) in [6.07, 6.45) is 1.49. The highest BCUT2D eigenvalue weighted by Crippen LogP contribution is 2.25. The second-order valence-corrected chi connectivity index (χ2v) is 7.21. The first-order chi connectivity index (χ1) is 15.3. The number of hydrogen-bond donors (Lipinski definition) is 2. The summed E-state index contributed by atoms with van der Waals surface area (Å²) in [4.78, 5) is 42.3. The fraction of sp³-hybridized carbons (Fsp3) is 0.143. The number of non-ortho nitro benzene ring substituents is 1. The van der Waals surface area contributed by atoms with Gasteiger partial charge >= 0.3 is 0 Å². The van der Waals surface area contributed by atoms with Crippen molar-refractivity contribution in [2.45, 2.75) is 19.8 Å². The van der Waals surface area contributed by atoms with Crippen LogP contribution < -0.4 is 10.9 Å². The summed E-state index contributed by atoms with van der Waals surface area (Å²) in [5, 5.41) is 18.0. The normalized spacial score (nSPS) is 11.0. The van der Waals surface area contributed by atoms with Gasteiger partial charge in [0.1, 0.15) is 11.5 Å². The lowest BCUT2D eigenvalue weighted by Crippen LogP contribution is -2.19. The van der Waals surface area contributed by atoms with Crippen LogP contribution in [0.4, 0.5) is 11.5 Å². The van der Waals surface area contributed by atoms with Crippen molar-refractivity contribution < 1.29 is 14.1 Å². The molecule has 11 nitrogen and oxygen atoms in total. The molecule has 0 fully saturated rings. The van der Waals surface area contributed by atoms with E-state index in [1.807, 2.05) is 13.8 Å². The first-order valence-electron chi connectivity index (χ1n) is 9.63. The maximum atomic E-state index is 12.8. The highest BCUT2D eigenvalue weighted by molar-refractivity contribution is 6.04. The molecule has 32 heavy (non-hydrogen) atoms. The van der Waals surface area contributed by atoms with Crippen LogP contribution in [0.5, 0.6) is 0 Å². The number of rotatable bonds is 6. The highest BCUT2D eigenvalue weighted by atomic mass is 16.6. The number of benzene rings is 1. The molecule has 0 aliphatic carbocycles. The van der Waals surface area contributed by atoms with Crippen molar-refractivity contribution in [3.05, 3.63) is 86.5 Å². The first kappa shape index (κ1) is 20.7. The lowest BCUT2D eigenvalue weighted by atomic mass is 10.1. The van der Waals surface area contributed by atoms with E-state index in [4.69, 9.17) is 4.42 Å². The zero-order valence-corrected chi connectivity index (χ0v) is 17.1. The van der Waals surface area contributed by atoms with Gasteiger partial charge in [-0.1, -0.05) is 13.8 Å². The number of nitrogens with one attached hydrogen (secondary N) is 2. The molecule has 11 heteroatoms. The zero-order valence-electron chi connectivity index (χ0n) is 17.1. The summed E-state index contributed by atoms with van der Waals surface area (Å²) in [5.74, 6) is 0.280. The van der Waals surface area contributed by atoms with Crippen LogP contribution in [0.3, 0.4) is 0 Å². The molecule has 1 amide bonds. The number of nitro benzene ring substituents is 1. The molecular formula is C21H18N6O5. The summed E-state index contributed by atoms with van der Waals surface area (Å²) in [5.41, 5.74) is 0.693. The van der Waals surface area contributed by atoms with Gasteiger partial charge in [-0.05, 0) is 30.2 Å². The van der Waals surface area contributed by atoms with Crippen LogP contribution in [0, 0.1) is 10.1 Å². The van der Waals surface area contributed by atoms with Crippen LogP contribution in [0.25, 0.3) is 17.4 Å². The van der Waals surface area contributed by atoms with Gasteiger partial charge in [0.15, 0.2) is 5.76 Å². The third kappa shape index (κ3) is 4.17. The van der Waals surface area contributed by atoms with E-state index < -0.39 is 10.8 Å². The van der Waals surface area contributed by atoms with Gasteiger partial charge in [0.05, 0.1) is 16.9 Å². The van der Waals surface area contributed by atoms with E-state index in [-0.39, 0.29) is 34.5 Å². The van der Waals surface area contributed by atoms with E-state index in [1.165, 1.54) is 41.3 Å². The molecule has 0 radical (unpaired) electrons. The summed E-state index contributed by atoms with van der Waals surface area (Å²) in [7, 11) is 0. The van der Waals surface area contributed by atoms with E-state index >= 15 is 0 Å². The molecule has 4 aromatic rings. The van der Waals surface area contributed by atoms with Crippen molar-refractivity contribution in [2.75, 3.05) is 5.32 Å². The number of carbonyl (C=O) groups excluding carboxylic acids is 1. The molecule has 0 aliphatic rings. The van der Waals surface area contributed by atoms with E-state index in [0.717, 1.165) is 0 Å². The van der Waals surface area contributed by atoms with Crippen LogP contribution >= 0.6 is 0 Å². The fourth-order valence-electron chi connectivity index (χ4n) is 2.96. The standard InChI is InChI=1S/C21H18N6O5/c1-12(2)15-11-19(28)24-21(22-15)26-18(10-16(25-26)17-4-3-9-32-17)23-20(29)13-5-7-14(8-6-13)27(30)31/h3-12H,1-2H3,(H,23,29)(H,22,24,28). The van der Waals surface area contributed by atoms with Crippen molar-refractivity contribution in [2.24, 2.45) is 0 Å². The number of aromatic nitrogens is 4. The summed E-state index contributed by atoms with van der Waals surface area (Å²) in [6, 6.07) is 11.6. The number of furan rings is 1. The van der Waals surface area contributed by atoms with Gasteiger partial charge in [-0.3, -0.25) is 24.7 Å². The lowest BCUT2D eigenvalue weighted by Gasteiger charge is -2.10. The lowest BCUT2D eigenvalue weighted by molar-refractivity contribution is -0.384. The van der Waals surface area contributed by atoms with Crippen molar-refractivity contribution in [1.82, 2.24) is 19.7 Å². The topological polar surface area (TPSA) is 149 Å². The Kier molecular flexibility index (Phi) is 5.37. The van der Waals surface area contributed by atoms with Crippen LogP contribution in [-0.4, -0.2) is 30.6 Å². The first-order valence-corrected chi connectivity index (χ1v) is 9.63. The van der Waals surface area contributed by atoms with Gasteiger partial charge < -0.3 is 9.73 Å². The molecule has 0 atom stereocenters. The Morgan fingerprint density at radius 2 is 1.97 bits per heavy atom. The molecule has 162 valence electrons. The number of carbonyl (C=O) groups is 1. The van der Waals surface area contributed by atoms with Gasteiger partial charge in [0, 0.05) is 29.8 Å². The maximum absolute atomic E-state index is 12.8. The largest absolute Gasteiger partial charge is 0.463 e. The minimum atomic E-state index is -0.546. The number of nitro groups is 1. The van der Waals surface area contributed by atoms with Gasteiger partial charge in [-0.25, -0.2) is 4.98 Å². The Morgan fingerprint density at radius 1 is 1.22 bits per heavy atom. The fourth-order valence-corrected chi connectivity index (χ4v) is 2.96. The highest BCUT2D eigenvalue weighted by Gasteiger charge is 2.19. The smallest absolute Gasteiger partial charge is 0.269 e. The zero-order chi connectivity index (χ0) is 22.8. The molecule has 3 heterocycles. The molecule has 0 bridgehead atoms. The molecule has 3 aromatic heterocycles. The number of nitrogens with zero attached hydrogens (tertiary/aromatic N) is 4. The van der Waals surface area contributed by atoms with E-state index in [1.54, 1.807) is 18.2 Å². The molecule has 0 aliphatic heterocycles. The summed E-state index contributed by atoms with van der Waals surface area (Å²) in [6.45, 7) is 3.81. The molecule has 0 saturated heterocycles. The van der Waals surface area contributed by atoms with Gasteiger partial charge in [-0.15, -0.1) is 0 Å². The van der Waals surface area contributed by atoms with Crippen molar-refractivity contribution in [3.63, 3.8) is 0 Å². The van der Waals surface area contributed by atoms with Crippen LogP contribution in [-0.2, 0) is 0 Å². The minimum Gasteiger partial charge on any atom is -0.463 e. The maximum Gasteiger partial charge on any atom is 0.269 e. The Labute approximate surface area is 180 Å². The number of aromatic amines is 1. The predicted octanol–water partition coefficient (Wildman–Crippen LogP) is 3.50. The second-order valence-electron chi connectivity index (χ2n) is 7.21. The average molecular weight is 434 g/mol. The second kappa shape index (κ2) is 8.30. The average Bonchev–Trinajstić information content (AvgIpc) is 3.43. The summed E-state index contributed by atoms with van der Waals surface area (Å²) >= 11 is 0. The van der Waals surface area contributed by atoms with Crippen LogP contribution in [0.1, 0.15) is 35.8 Å². The van der Waals surface area contributed by atoms with Gasteiger partial charge in [0.2, 0.25) is 5.95 Å². The summed E-state index contributed by atoms with van der Waals surface area (Å²) < 4.78 is 6.69. The molecule has 1 aromatic carbocycles. The van der Waals surface area contributed by atoms with E-state index in [0.29, 0.717) is 17.1 Å². The molecule has 0 spiro atoms.